The Morgan fingerprint density at radius 3 is 2.93 bits per heavy atom. The number of hydrogen-bond acceptors (Lipinski definition) is 5. The Balaban J connectivity index is 2.67. The maximum atomic E-state index is 12.0. The summed E-state index contributed by atoms with van der Waals surface area (Å²) in [5.74, 6) is 0.122. The van der Waals surface area contributed by atoms with E-state index in [4.69, 9.17) is 4.74 Å². The molecule has 0 spiro atoms. The summed E-state index contributed by atoms with van der Waals surface area (Å²) in [5, 5.41) is 3.93. The normalized spacial score (nSPS) is 12.7. The van der Waals surface area contributed by atoms with E-state index in [9.17, 15) is 4.79 Å². The largest absolute Gasteiger partial charge is 0.385 e. The molecule has 0 aromatic carbocycles. The van der Waals surface area contributed by atoms with Crippen LogP contribution in [0.5, 0.6) is 0 Å². The van der Waals surface area contributed by atoms with Crippen LogP contribution in [0.2, 0.25) is 0 Å². The molecule has 1 rings (SSSR count). The third kappa shape index (κ3) is 3.07. The Kier molecular flexibility index (Phi) is 4.84. The van der Waals surface area contributed by atoms with Crippen LogP contribution in [0.3, 0.4) is 0 Å². The van der Waals surface area contributed by atoms with E-state index in [0.29, 0.717) is 11.5 Å². The third-order valence-corrected chi connectivity index (χ3v) is 3.10. The van der Waals surface area contributed by atoms with Crippen LogP contribution >= 0.6 is 11.5 Å². The van der Waals surface area contributed by atoms with Gasteiger partial charge in [0.25, 0.3) is 0 Å². The first kappa shape index (κ1) is 12.3. The van der Waals surface area contributed by atoms with Crippen molar-refractivity contribution < 1.29 is 9.53 Å². The summed E-state index contributed by atoms with van der Waals surface area (Å²) in [5.41, 5.74) is 0.814. The fraction of sp³-hybridized carbons (Fsp3) is 0.700. The van der Waals surface area contributed by atoms with Crippen LogP contribution in [0.15, 0.2) is 0 Å². The molecular formula is C10H16N2O2S. The average molecular weight is 228 g/mol. The standard InChI is InChI=1S/C10H16N2O2S/c1-4-8-10(15-12-11-8)9(13)7(2)5-6-14-3/h7H,4-6H2,1-3H3. The lowest BCUT2D eigenvalue weighted by molar-refractivity contribution is 0.0897. The number of aryl methyl sites for hydroxylation is 1. The van der Waals surface area contributed by atoms with Crippen LogP contribution in [0.1, 0.15) is 35.6 Å². The van der Waals surface area contributed by atoms with Crippen molar-refractivity contribution in [1.82, 2.24) is 9.59 Å². The van der Waals surface area contributed by atoms with Gasteiger partial charge in [-0.15, -0.1) is 5.10 Å². The Labute approximate surface area is 93.8 Å². The first-order valence-electron chi connectivity index (χ1n) is 5.05. The zero-order valence-electron chi connectivity index (χ0n) is 9.32. The topological polar surface area (TPSA) is 52.1 Å². The van der Waals surface area contributed by atoms with E-state index in [0.717, 1.165) is 18.5 Å². The highest BCUT2D eigenvalue weighted by atomic mass is 32.1. The molecule has 0 aliphatic rings. The van der Waals surface area contributed by atoms with Gasteiger partial charge in [0.2, 0.25) is 0 Å². The molecule has 5 heteroatoms. The van der Waals surface area contributed by atoms with Gasteiger partial charge in [0.1, 0.15) is 4.88 Å². The molecule has 1 heterocycles. The third-order valence-electron chi connectivity index (χ3n) is 2.32. The predicted molar refractivity (Wildman–Crippen MR) is 59.3 cm³/mol. The first-order valence-corrected chi connectivity index (χ1v) is 5.82. The number of Topliss-reactive ketones (excluding diaryl/α,β-unsaturated/α-hetero) is 1. The summed E-state index contributed by atoms with van der Waals surface area (Å²) in [6, 6.07) is 0. The monoisotopic (exact) mass is 228 g/mol. The van der Waals surface area contributed by atoms with Crippen molar-refractivity contribution in [2.75, 3.05) is 13.7 Å². The Morgan fingerprint density at radius 1 is 1.60 bits per heavy atom. The molecule has 0 amide bonds. The number of ether oxygens (including phenoxy) is 1. The van der Waals surface area contributed by atoms with Gasteiger partial charge in [0.05, 0.1) is 5.69 Å². The first-order chi connectivity index (χ1) is 7.20. The van der Waals surface area contributed by atoms with Gasteiger partial charge in [-0.25, -0.2) is 0 Å². The van der Waals surface area contributed by atoms with Crippen molar-refractivity contribution in [3.05, 3.63) is 10.6 Å². The second-order valence-electron chi connectivity index (χ2n) is 3.45. The molecule has 0 saturated heterocycles. The van der Waals surface area contributed by atoms with E-state index in [1.54, 1.807) is 7.11 Å². The Bertz CT molecular complexity index is 325. The summed E-state index contributed by atoms with van der Waals surface area (Å²) < 4.78 is 8.77. The molecule has 0 aliphatic heterocycles. The fourth-order valence-corrected chi connectivity index (χ4v) is 2.08. The number of ketones is 1. The summed E-state index contributed by atoms with van der Waals surface area (Å²) in [6.07, 6.45) is 1.50. The number of rotatable bonds is 6. The van der Waals surface area contributed by atoms with E-state index in [1.807, 2.05) is 13.8 Å². The number of aromatic nitrogens is 2. The van der Waals surface area contributed by atoms with Crippen molar-refractivity contribution in [3.8, 4) is 0 Å². The van der Waals surface area contributed by atoms with E-state index in [2.05, 4.69) is 9.59 Å². The molecule has 0 N–H and O–H groups in total. The highest BCUT2D eigenvalue weighted by molar-refractivity contribution is 7.08. The van der Waals surface area contributed by atoms with Crippen LogP contribution in [0, 0.1) is 5.92 Å². The summed E-state index contributed by atoms with van der Waals surface area (Å²) >= 11 is 1.19. The molecule has 0 saturated carbocycles. The van der Waals surface area contributed by atoms with E-state index in [1.165, 1.54) is 11.5 Å². The molecule has 0 fully saturated rings. The summed E-state index contributed by atoms with van der Waals surface area (Å²) in [4.78, 5) is 12.7. The number of carbonyl (C=O) groups excluding carboxylic acids is 1. The zero-order chi connectivity index (χ0) is 11.3. The molecule has 1 unspecified atom stereocenters. The molecule has 1 atom stereocenters. The molecule has 0 bridgehead atoms. The SMILES string of the molecule is CCc1nnsc1C(=O)C(C)CCOC. The maximum Gasteiger partial charge on any atom is 0.179 e. The van der Waals surface area contributed by atoms with Gasteiger partial charge in [-0.3, -0.25) is 4.79 Å². The van der Waals surface area contributed by atoms with Crippen LogP contribution in [0.25, 0.3) is 0 Å². The molecular weight excluding hydrogens is 212 g/mol. The van der Waals surface area contributed by atoms with Crippen molar-refractivity contribution in [3.63, 3.8) is 0 Å². The smallest absolute Gasteiger partial charge is 0.179 e. The van der Waals surface area contributed by atoms with Crippen LogP contribution in [0.4, 0.5) is 0 Å². The lowest BCUT2D eigenvalue weighted by Crippen LogP contribution is -2.13. The molecule has 1 aromatic rings. The number of hydrogen-bond donors (Lipinski definition) is 0. The van der Waals surface area contributed by atoms with Crippen molar-refractivity contribution in [2.24, 2.45) is 5.92 Å². The van der Waals surface area contributed by atoms with Crippen LogP contribution in [-0.2, 0) is 11.2 Å². The molecule has 15 heavy (non-hydrogen) atoms. The quantitative estimate of drug-likeness (QED) is 0.698. The zero-order valence-corrected chi connectivity index (χ0v) is 10.1. The van der Waals surface area contributed by atoms with Gasteiger partial charge in [0.15, 0.2) is 5.78 Å². The van der Waals surface area contributed by atoms with Gasteiger partial charge in [-0.05, 0) is 24.4 Å². The minimum atomic E-state index is -0.0162. The van der Waals surface area contributed by atoms with Gasteiger partial charge in [0, 0.05) is 19.6 Å². The summed E-state index contributed by atoms with van der Waals surface area (Å²) in [7, 11) is 1.64. The van der Waals surface area contributed by atoms with Gasteiger partial charge in [-0.2, -0.15) is 0 Å². The minimum Gasteiger partial charge on any atom is -0.385 e. The molecule has 1 aromatic heterocycles. The van der Waals surface area contributed by atoms with E-state index < -0.39 is 0 Å². The van der Waals surface area contributed by atoms with Gasteiger partial charge >= 0.3 is 0 Å². The van der Waals surface area contributed by atoms with Crippen LogP contribution < -0.4 is 0 Å². The van der Waals surface area contributed by atoms with Crippen molar-refractivity contribution in [1.29, 1.82) is 0 Å². The van der Waals surface area contributed by atoms with Crippen LogP contribution in [-0.4, -0.2) is 29.1 Å². The van der Waals surface area contributed by atoms with Crippen molar-refractivity contribution in [2.45, 2.75) is 26.7 Å². The highest BCUT2D eigenvalue weighted by Crippen LogP contribution is 2.18. The second kappa shape index (κ2) is 5.92. The second-order valence-corrected chi connectivity index (χ2v) is 4.20. The fourth-order valence-electron chi connectivity index (χ4n) is 1.28. The van der Waals surface area contributed by atoms with Gasteiger partial charge in [-0.1, -0.05) is 18.3 Å². The average Bonchev–Trinajstić information content (AvgIpc) is 2.72. The molecule has 0 aliphatic carbocycles. The Hall–Kier alpha value is -0.810. The van der Waals surface area contributed by atoms with Gasteiger partial charge < -0.3 is 4.74 Å². The maximum absolute atomic E-state index is 12.0. The molecule has 4 nitrogen and oxygen atoms in total. The predicted octanol–water partition coefficient (Wildman–Crippen LogP) is 1.96. The van der Waals surface area contributed by atoms with E-state index in [-0.39, 0.29) is 11.7 Å². The molecule has 84 valence electrons. The summed E-state index contributed by atoms with van der Waals surface area (Å²) in [6.45, 7) is 4.51. The lowest BCUT2D eigenvalue weighted by Gasteiger charge is -2.08. The van der Waals surface area contributed by atoms with Crippen molar-refractivity contribution >= 4 is 17.3 Å². The lowest BCUT2D eigenvalue weighted by atomic mass is 10.0. The van der Waals surface area contributed by atoms with E-state index >= 15 is 0 Å². The Morgan fingerprint density at radius 2 is 2.33 bits per heavy atom. The minimum absolute atomic E-state index is 0.0162. The number of carbonyl (C=O) groups is 1. The highest BCUT2D eigenvalue weighted by Gasteiger charge is 2.20. The number of nitrogens with zero attached hydrogens (tertiary/aromatic N) is 2. The number of methoxy groups -OCH3 is 1. The molecule has 0 radical (unpaired) electrons.